The van der Waals surface area contributed by atoms with Crippen LogP contribution in [-0.4, -0.2) is 29.2 Å². The van der Waals surface area contributed by atoms with Gasteiger partial charge in [0.2, 0.25) is 0 Å². The van der Waals surface area contributed by atoms with E-state index in [1.165, 1.54) is 5.56 Å². The first-order valence-electron chi connectivity index (χ1n) is 5.56. The number of amidine groups is 1. The van der Waals surface area contributed by atoms with Crippen molar-refractivity contribution in [2.75, 3.05) is 19.1 Å². The summed E-state index contributed by atoms with van der Waals surface area (Å²) in [6.07, 6.45) is 0. The highest BCUT2D eigenvalue weighted by Gasteiger charge is 2.11. The first kappa shape index (κ1) is 11.5. The molecular weight excluding hydrogens is 218 g/mol. The normalized spacial score (nSPS) is 16.7. The molecule has 0 aromatic heterocycles. The molecule has 0 saturated carbocycles. The predicted molar refractivity (Wildman–Crippen MR) is 70.4 cm³/mol. The van der Waals surface area contributed by atoms with E-state index in [0.717, 1.165) is 30.8 Å². The van der Waals surface area contributed by atoms with Crippen molar-refractivity contribution in [2.24, 2.45) is 4.99 Å². The van der Waals surface area contributed by atoms with Crippen molar-refractivity contribution in [2.45, 2.75) is 13.5 Å². The molecule has 16 heavy (non-hydrogen) atoms. The Morgan fingerprint density at radius 2 is 2.19 bits per heavy atom. The van der Waals surface area contributed by atoms with E-state index in [-0.39, 0.29) is 0 Å². The van der Waals surface area contributed by atoms with Crippen molar-refractivity contribution in [3.05, 3.63) is 35.9 Å². The van der Waals surface area contributed by atoms with Crippen LogP contribution in [0.4, 0.5) is 0 Å². The van der Waals surface area contributed by atoms with Crippen molar-refractivity contribution in [3.63, 3.8) is 0 Å². The fourth-order valence-electron chi connectivity index (χ4n) is 1.63. The van der Waals surface area contributed by atoms with Crippen LogP contribution in [0, 0.1) is 0 Å². The minimum absolute atomic E-state index is 0.796. The van der Waals surface area contributed by atoms with Crippen LogP contribution >= 0.6 is 11.8 Å². The average molecular weight is 235 g/mol. The minimum atomic E-state index is 0.796. The lowest BCUT2D eigenvalue weighted by Crippen LogP contribution is -2.41. The van der Waals surface area contributed by atoms with Crippen LogP contribution in [0.15, 0.2) is 35.3 Å². The molecule has 0 bridgehead atoms. The maximum Gasteiger partial charge on any atom is 0.158 e. The SMILES string of the molecule is CCSC1=NCN(Cc2ccccc2)CN1. The van der Waals surface area contributed by atoms with E-state index >= 15 is 0 Å². The van der Waals surface area contributed by atoms with Gasteiger partial charge in [-0.25, -0.2) is 4.99 Å². The van der Waals surface area contributed by atoms with Gasteiger partial charge in [-0.1, -0.05) is 49.0 Å². The Morgan fingerprint density at radius 1 is 1.38 bits per heavy atom. The minimum Gasteiger partial charge on any atom is -0.352 e. The monoisotopic (exact) mass is 235 g/mol. The second-order valence-corrected chi connectivity index (χ2v) is 4.94. The Bertz CT molecular complexity index is 351. The molecule has 0 unspecified atom stereocenters. The van der Waals surface area contributed by atoms with E-state index in [9.17, 15) is 0 Å². The number of rotatable bonds is 3. The average Bonchev–Trinajstić information content (AvgIpc) is 2.33. The fourth-order valence-corrected chi connectivity index (χ4v) is 2.22. The molecule has 1 aromatic rings. The molecule has 0 radical (unpaired) electrons. The van der Waals surface area contributed by atoms with Gasteiger partial charge in [0.15, 0.2) is 5.17 Å². The van der Waals surface area contributed by atoms with Gasteiger partial charge in [-0.3, -0.25) is 4.90 Å². The van der Waals surface area contributed by atoms with E-state index < -0.39 is 0 Å². The van der Waals surface area contributed by atoms with Gasteiger partial charge in [0, 0.05) is 6.54 Å². The zero-order valence-electron chi connectivity index (χ0n) is 9.52. The Kier molecular flexibility index (Phi) is 4.25. The van der Waals surface area contributed by atoms with Crippen LogP contribution in [-0.2, 0) is 6.54 Å². The molecular formula is C12H17N3S. The molecule has 0 atom stereocenters. The predicted octanol–water partition coefficient (Wildman–Crippen LogP) is 2.12. The summed E-state index contributed by atoms with van der Waals surface area (Å²) in [5.41, 5.74) is 1.34. The van der Waals surface area contributed by atoms with Gasteiger partial charge in [-0.05, 0) is 11.3 Å². The molecule has 0 amide bonds. The second kappa shape index (κ2) is 5.92. The lowest BCUT2D eigenvalue weighted by atomic mass is 10.2. The Morgan fingerprint density at radius 3 is 2.81 bits per heavy atom. The van der Waals surface area contributed by atoms with Crippen molar-refractivity contribution in [1.29, 1.82) is 0 Å². The van der Waals surface area contributed by atoms with Gasteiger partial charge in [0.05, 0.1) is 13.3 Å². The van der Waals surface area contributed by atoms with Gasteiger partial charge >= 0.3 is 0 Å². The van der Waals surface area contributed by atoms with E-state index in [1.807, 2.05) is 6.07 Å². The summed E-state index contributed by atoms with van der Waals surface area (Å²) in [5, 5.41) is 4.40. The summed E-state index contributed by atoms with van der Waals surface area (Å²) in [6, 6.07) is 10.5. The summed E-state index contributed by atoms with van der Waals surface area (Å²) < 4.78 is 0. The van der Waals surface area contributed by atoms with Crippen LogP contribution < -0.4 is 5.32 Å². The Balaban J connectivity index is 1.86. The fraction of sp³-hybridized carbons (Fsp3) is 0.417. The molecule has 3 nitrogen and oxygen atoms in total. The molecule has 1 aromatic carbocycles. The molecule has 1 N–H and O–H groups in total. The van der Waals surface area contributed by atoms with Crippen LogP contribution in [0.3, 0.4) is 0 Å². The van der Waals surface area contributed by atoms with E-state index in [0.29, 0.717) is 0 Å². The molecule has 0 fully saturated rings. The first-order chi connectivity index (χ1) is 7.88. The highest BCUT2D eigenvalue weighted by molar-refractivity contribution is 8.13. The lowest BCUT2D eigenvalue weighted by Gasteiger charge is -2.26. The Labute approximate surface area is 101 Å². The number of nitrogens with zero attached hydrogens (tertiary/aromatic N) is 2. The zero-order valence-corrected chi connectivity index (χ0v) is 10.3. The van der Waals surface area contributed by atoms with Crippen molar-refractivity contribution in [1.82, 2.24) is 10.2 Å². The summed E-state index contributed by atoms with van der Waals surface area (Å²) >= 11 is 1.77. The molecule has 86 valence electrons. The molecule has 2 rings (SSSR count). The van der Waals surface area contributed by atoms with Gasteiger partial charge in [0.1, 0.15) is 0 Å². The lowest BCUT2D eigenvalue weighted by molar-refractivity contribution is 0.258. The highest BCUT2D eigenvalue weighted by Crippen LogP contribution is 2.09. The summed E-state index contributed by atoms with van der Waals surface area (Å²) in [4.78, 5) is 6.78. The molecule has 1 heterocycles. The molecule has 0 spiro atoms. The van der Waals surface area contributed by atoms with E-state index in [4.69, 9.17) is 0 Å². The molecule has 4 heteroatoms. The molecule has 1 aliphatic heterocycles. The number of benzene rings is 1. The van der Waals surface area contributed by atoms with Gasteiger partial charge in [0.25, 0.3) is 0 Å². The third kappa shape index (κ3) is 3.25. The standard InChI is InChI=1S/C12H17N3S/c1-2-16-12-13-9-15(10-14-12)8-11-6-4-3-5-7-11/h3-7H,2,8-10H2,1H3,(H,13,14). The van der Waals surface area contributed by atoms with E-state index in [2.05, 4.69) is 46.4 Å². The molecule has 1 aliphatic rings. The van der Waals surface area contributed by atoms with Crippen molar-refractivity contribution >= 4 is 16.9 Å². The summed E-state index contributed by atoms with van der Waals surface area (Å²) in [5.74, 6) is 1.07. The van der Waals surface area contributed by atoms with Crippen molar-refractivity contribution < 1.29 is 0 Å². The number of thioether (sulfide) groups is 1. The van der Waals surface area contributed by atoms with E-state index in [1.54, 1.807) is 11.8 Å². The second-order valence-electron chi connectivity index (χ2n) is 3.69. The highest BCUT2D eigenvalue weighted by atomic mass is 32.2. The third-order valence-corrected chi connectivity index (χ3v) is 3.23. The maximum absolute atomic E-state index is 4.49. The Hall–Kier alpha value is -1.00. The van der Waals surface area contributed by atoms with Crippen LogP contribution in [0.25, 0.3) is 0 Å². The largest absolute Gasteiger partial charge is 0.352 e. The number of hydrogen-bond acceptors (Lipinski definition) is 4. The maximum atomic E-state index is 4.49. The van der Waals surface area contributed by atoms with Crippen LogP contribution in [0.2, 0.25) is 0 Å². The zero-order chi connectivity index (χ0) is 11.2. The van der Waals surface area contributed by atoms with Gasteiger partial charge in [-0.15, -0.1) is 0 Å². The number of aliphatic imine (C=N–C) groups is 1. The third-order valence-electron chi connectivity index (χ3n) is 2.40. The smallest absolute Gasteiger partial charge is 0.158 e. The topological polar surface area (TPSA) is 27.6 Å². The summed E-state index contributed by atoms with van der Waals surface area (Å²) in [7, 11) is 0. The first-order valence-corrected chi connectivity index (χ1v) is 6.54. The number of nitrogens with one attached hydrogen (secondary N) is 1. The van der Waals surface area contributed by atoms with Crippen molar-refractivity contribution in [3.8, 4) is 0 Å². The van der Waals surface area contributed by atoms with Gasteiger partial charge < -0.3 is 5.32 Å². The number of hydrogen-bond donors (Lipinski definition) is 1. The quantitative estimate of drug-likeness (QED) is 0.869. The summed E-state index contributed by atoms with van der Waals surface area (Å²) in [6.45, 7) is 4.79. The molecule has 0 aliphatic carbocycles. The van der Waals surface area contributed by atoms with Gasteiger partial charge in [-0.2, -0.15) is 0 Å². The molecule has 0 saturated heterocycles. The van der Waals surface area contributed by atoms with Crippen LogP contribution in [0.1, 0.15) is 12.5 Å². The van der Waals surface area contributed by atoms with Crippen LogP contribution in [0.5, 0.6) is 0 Å².